The Morgan fingerprint density at radius 2 is 1.46 bits per heavy atom. The fraction of sp³-hybridized carbons (Fsp3) is 0.250. The van der Waals surface area contributed by atoms with E-state index in [4.69, 9.17) is 4.98 Å². The van der Waals surface area contributed by atoms with Crippen LogP contribution in [0.2, 0.25) is 0 Å². The predicted octanol–water partition coefficient (Wildman–Crippen LogP) is 5.62. The maximum Gasteiger partial charge on any atom is 0.157 e. The number of imidazole rings is 1. The van der Waals surface area contributed by atoms with Crippen molar-refractivity contribution in [2.75, 3.05) is 37.6 Å². The van der Waals surface area contributed by atoms with Crippen molar-refractivity contribution >= 4 is 22.5 Å². The van der Waals surface area contributed by atoms with E-state index in [1.807, 2.05) is 12.1 Å². The third-order valence-corrected chi connectivity index (χ3v) is 7.66. The van der Waals surface area contributed by atoms with Gasteiger partial charge in [-0.15, -0.1) is 0 Å². The molecule has 0 spiro atoms. The SMILES string of the molecule is Cc1c(Cc2ccccc2)c(N2CCN(CCc3ccccc3)CC2)n2c(nc3ccccc32)c1C#N. The van der Waals surface area contributed by atoms with Crippen LogP contribution in [0.4, 0.5) is 5.82 Å². The molecule has 6 rings (SSSR count). The fourth-order valence-corrected chi connectivity index (χ4v) is 5.62. The number of nitriles is 1. The number of pyridine rings is 1. The molecular formula is C32H31N5. The van der Waals surface area contributed by atoms with Gasteiger partial charge in [0.1, 0.15) is 11.9 Å². The molecule has 1 aliphatic rings. The van der Waals surface area contributed by atoms with Crippen molar-refractivity contribution in [3.63, 3.8) is 0 Å². The normalized spacial score (nSPS) is 14.3. The Balaban J connectivity index is 1.40. The maximum atomic E-state index is 10.2. The van der Waals surface area contributed by atoms with Gasteiger partial charge in [0.25, 0.3) is 0 Å². The van der Waals surface area contributed by atoms with Crippen molar-refractivity contribution in [1.82, 2.24) is 14.3 Å². The first-order valence-corrected chi connectivity index (χ1v) is 13.1. The molecule has 37 heavy (non-hydrogen) atoms. The standard InChI is InChI=1S/C32H31N5/c1-24-27(22-26-12-6-3-7-13-26)32(37-30-15-9-8-14-29(30)34-31(37)28(24)23-33)36-20-18-35(19-21-36)17-16-25-10-4-2-5-11-25/h2-15H,16-22H2,1H3. The fourth-order valence-electron chi connectivity index (χ4n) is 5.62. The number of piperazine rings is 1. The third-order valence-electron chi connectivity index (χ3n) is 7.66. The first-order valence-electron chi connectivity index (χ1n) is 13.1. The number of nitrogens with zero attached hydrogens (tertiary/aromatic N) is 5. The number of anilines is 1. The van der Waals surface area contributed by atoms with Crippen molar-refractivity contribution in [1.29, 1.82) is 5.26 Å². The van der Waals surface area contributed by atoms with Crippen LogP contribution in [0, 0.1) is 18.3 Å². The van der Waals surface area contributed by atoms with E-state index >= 15 is 0 Å². The van der Waals surface area contributed by atoms with Crippen molar-refractivity contribution in [2.24, 2.45) is 0 Å². The smallest absolute Gasteiger partial charge is 0.157 e. The average molecular weight is 486 g/mol. The van der Waals surface area contributed by atoms with Crippen LogP contribution < -0.4 is 4.90 Å². The Bertz CT molecular complexity index is 1570. The van der Waals surface area contributed by atoms with E-state index in [0.29, 0.717) is 5.56 Å². The summed E-state index contributed by atoms with van der Waals surface area (Å²) >= 11 is 0. The number of hydrogen-bond donors (Lipinski definition) is 0. The molecule has 5 heteroatoms. The summed E-state index contributed by atoms with van der Waals surface area (Å²) in [5.41, 5.74) is 8.33. The monoisotopic (exact) mass is 485 g/mol. The van der Waals surface area contributed by atoms with Crippen molar-refractivity contribution < 1.29 is 0 Å². The lowest BCUT2D eigenvalue weighted by atomic mass is 9.97. The van der Waals surface area contributed by atoms with E-state index in [-0.39, 0.29) is 0 Å². The highest BCUT2D eigenvalue weighted by atomic mass is 15.3. The van der Waals surface area contributed by atoms with Crippen molar-refractivity contribution in [3.05, 3.63) is 113 Å². The molecule has 5 nitrogen and oxygen atoms in total. The molecule has 2 aromatic heterocycles. The van der Waals surface area contributed by atoms with Gasteiger partial charge in [0.05, 0.1) is 16.6 Å². The van der Waals surface area contributed by atoms with Gasteiger partial charge in [0.15, 0.2) is 5.65 Å². The van der Waals surface area contributed by atoms with E-state index in [1.165, 1.54) is 22.5 Å². The van der Waals surface area contributed by atoms with Crippen LogP contribution >= 0.6 is 0 Å². The molecule has 1 saturated heterocycles. The topological polar surface area (TPSA) is 47.6 Å². The molecule has 0 N–H and O–H groups in total. The molecule has 0 radical (unpaired) electrons. The molecule has 0 amide bonds. The summed E-state index contributed by atoms with van der Waals surface area (Å²) in [5, 5.41) is 10.2. The summed E-state index contributed by atoms with van der Waals surface area (Å²) in [7, 11) is 0. The molecule has 3 aromatic carbocycles. The second kappa shape index (κ2) is 10.1. The van der Waals surface area contributed by atoms with Crippen molar-refractivity contribution in [3.8, 4) is 6.07 Å². The zero-order chi connectivity index (χ0) is 25.2. The number of rotatable bonds is 6. The van der Waals surface area contributed by atoms with Gasteiger partial charge in [-0.05, 0) is 42.2 Å². The molecule has 1 aliphatic heterocycles. The minimum absolute atomic E-state index is 0.673. The van der Waals surface area contributed by atoms with Gasteiger partial charge in [0.2, 0.25) is 0 Å². The summed E-state index contributed by atoms with van der Waals surface area (Å²) < 4.78 is 2.25. The number of fused-ring (bicyclic) bond motifs is 3. The van der Waals surface area contributed by atoms with Crippen LogP contribution in [0.5, 0.6) is 0 Å². The molecule has 3 heterocycles. The number of hydrogen-bond acceptors (Lipinski definition) is 4. The number of aromatic nitrogens is 2. The number of benzene rings is 3. The summed E-state index contributed by atoms with van der Waals surface area (Å²) in [6.45, 7) is 7.10. The van der Waals surface area contributed by atoms with Crippen LogP contribution in [0.3, 0.4) is 0 Å². The van der Waals surface area contributed by atoms with Gasteiger partial charge >= 0.3 is 0 Å². The summed E-state index contributed by atoms with van der Waals surface area (Å²) in [4.78, 5) is 10.0. The highest BCUT2D eigenvalue weighted by Crippen LogP contribution is 2.35. The van der Waals surface area contributed by atoms with Crippen LogP contribution in [-0.4, -0.2) is 47.0 Å². The Labute approximate surface area is 218 Å². The van der Waals surface area contributed by atoms with E-state index in [0.717, 1.165) is 67.8 Å². The highest BCUT2D eigenvalue weighted by Gasteiger charge is 2.27. The summed E-state index contributed by atoms with van der Waals surface area (Å²) in [5.74, 6) is 1.19. The molecule has 0 unspecified atom stereocenters. The highest BCUT2D eigenvalue weighted by molar-refractivity contribution is 5.86. The van der Waals surface area contributed by atoms with Gasteiger partial charge in [-0.3, -0.25) is 9.30 Å². The molecule has 5 aromatic rings. The molecule has 184 valence electrons. The lowest BCUT2D eigenvalue weighted by molar-refractivity contribution is 0.260. The summed E-state index contributed by atoms with van der Waals surface area (Å²) in [6, 6.07) is 32.1. The quantitative estimate of drug-likeness (QED) is 0.313. The van der Waals surface area contributed by atoms with E-state index in [9.17, 15) is 5.26 Å². The van der Waals surface area contributed by atoms with Gasteiger partial charge in [-0.1, -0.05) is 72.8 Å². The molecule has 0 aliphatic carbocycles. The van der Waals surface area contributed by atoms with Gasteiger partial charge in [-0.2, -0.15) is 5.26 Å². The van der Waals surface area contributed by atoms with Crippen LogP contribution in [-0.2, 0) is 12.8 Å². The predicted molar refractivity (Wildman–Crippen MR) is 150 cm³/mol. The van der Waals surface area contributed by atoms with Crippen LogP contribution in [0.25, 0.3) is 16.7 Å². The number of para-hydroxylation sites is 2. The second-order valence-electron chi connectivity index (χ2n) is 9.90. The Morgan fingerprint density at radius 1 is 0.811 bits per heavy atom. The van der Waals surface area contributed by atoms with Gasteiger partial charge in [0, 0.05) is 44.7 Å². The Kier molecular flexibility index (Phi) is 6.34. The van der Waals surface area contributed by atoms with Crippen molar-refractivity contribution in [2.45, 2.75) is 19.8 Å². The second-order valence-corrected chi connectivity index (χ2v) is 9.90. The minimum atomic E-state index is 0.673. The van der Waals surface area contributed by atoms with E-state index in [1.54, 1.807) is 0 Å². The largest absolute Gasteiger partial charge is 0.355 e. The van der Waals surface area contributed by atoms with Crippen LogP contribution in [0.1, 0.15) is 27.8 Å². The molecular weight excluding hydrogens is 454 g/mol. The lowest BCUT2D eigenvalue weighted by Crippen LogP contribution is -2.48. The first kappa shape index (κ1) is 23.3. The van der Waals surface area contributed by atoms with Crippen LogP contribution in [0.15, 0.2) is 84.9 Å². The third kappa shape index (κ3) is 4.45. The molecule has 0 bridgehead atoms. The van der Waals surface area contributed by atoms with E-state index < -0.39 is 0 Å². The molecule has 1 fully saturated rings. The average Bonchev–Trinajstić information content (AvgIpc) is 3.33. The summed E-state index contributed by atoms with van der Waals surface area (Å²) in [6.07, 6.45) is 1.86. The first-order chi connectivity index (χ1) is 18.2. The lowest BCUT2D eigenvalue weighted by Gasteiger charge is -2.38. The minimum Gasteiger partial charge on any atom is -0.355 e. The Hall–Kier alpha value is -4.14. The zero-order valence-corrected chi connectivity index (χ0v) is 21.3. The Morgan fingerprint density at radius 3 is 2.16 bits per heavy atom. The van der Waals surface area contributed by atoms with E-state index in [2.05, 4.69) is 100.0 Å². The maximum absolute atomic E-state index is 10.2. The van der Waals surface area contributed by atoms with Gasteiger partial charge in [-0.25, -0.2) is 4.98 Å². The molecule has 0 atom stereocenters. The molecule has 0 saturated carbocycles. The van der Waals surface area contributed by atoms with Gasteiger partial charge < -0.3 is 4.90 Å². The zero-order valence-electron chi connectivity index (χ0n) is 21.3.